The molecule has 0 heterocycles. The van der Waals surface area contributed by atoms with E-state index < -0.39 is 0 Å². The third-order valence-electron chi connectivity index (χ3n) is 3.93. The number of anilines is 1. The number of para-hydroxylation sites is 2. The summed E-state index contributed by atoms with van der Waals surface area (Å²) in [6.45, 7) is 5.43. The van der Waals surface area contributed by atoms with Crippen molar-refractivity contribution >= 4 is 11.6 Å². The number of hydrogen-bond donors (Lipinski definition) is 3. The van der Waals surface area contributed by atoms with E-state index in [0.717, 1.165) is 56.4 Å². The second kappa shape index (κ2) is 11.8. The summed E-state index contributed by atoms with van der Waals surface area (Å²) in [4.78, 5) is 4.64. The third kappa shape index (κ3) is 7.05. The standard InChI is InChI=1S/C21H30N4O/c1-3-22-21(24-16-9-15-23-19-11-5-4-6-12-19)25-17-14-18-10-7-8-13-20(18)26-2/h4-8,10-13,23H,3,9,14-17H2,1-2H3,(H2,22,24,25). The topological polar surface area (TPSA) is 57.7 Å². The summed E-state index contributed by atoms with van der Waals surface area (Å²) in [7, 11) is 1.71. The van der Waals surface area contributed by atoms with Gasteiger partial charge in [-0.2, -0.15) is 0 Å². The molecule has 26 heavy (non-hydrogen) atoms. The molecule has 5 heteroatoms. The average Bonchev–Trinajstić information content (AvgIpc) is 2.69. The van der Waals surface area contributed by atoms with Crippen LogP contribution in [0.2, 0.25) is 0 Å². The molecule has 2 aromatic rings. The predicted octanol–water partition coefficient (Wildman–Crippen LogP) is 3.30. The van der Waals surface area contributed by atoms with Gasteiger partial charge in [-0.05, 0) is 43.5 Å². The summed E-state index contributed by atoms with van der Waals surface area (Å²) in [5.74, 6) is 1.80. The number of hydrogen-bond acceptors (Lipinski definition) is 3. The summed E-state index contributed by atoms with van der Waals surface area (Å²) in [6, 6.07) is 18.4. The molecule has 0 radical (unpaired) electrons. The van der Waals surface area contributed by atoms with Gasteiger partial charge < -0.3 is 20.7 Å². The fraction of sp³-hybridized carbons (Fsp3) is 0.381. The van der Waals surface area contributed by atoms with E-state index in [1.807, 2.05) is 36.4 Å². The smallest absolute Gasteiger partial charge is 0.191 e. The third-order valence-corrected chi connectivity index (χ3v) is 3.93. The van der Waals surface area contributed by atoms with Gasteiger partial charge in [0.25, 0.3) is 0 Å². The molecule has 0 aromatic heterocycles. The lowest BCUT2D eigenvalue weighted by Crippen LogP contribution is -2.38. The molecule has 0 fully saturated rings. The first-order valence-corrected chi connectivity index (χ1v) is 9.26. The van der Waals surface area contributed by atoms with E-state index >= 15 is 0 Å². The van der Waals surface area contributed by atoms with E-state index in [4.69, 9.17) is 4.74 Å². The Hall–Kier alpha value is -2.69. The molecule has 2 aromatic carbocycles. The van der Waals surface area contributed by atoms with Gasteiger partial charge in [0.05, 0.1) is 7.11 Å². The highest BCUT2D eigenvalue weighted by Gasteiger charge is 2.02. The van der Waals surface area contributed by atoms with Gasteiger partial charge in [-0.3, -0.25) is 4.99 Å². The highest BCUT2D eigenvalue weighted by atomic mass is 16.5. The van der Waals surface area contributed by atoms with E-state index in [2.05, 4.69) is 46.1 Å². The summed E-state index contributed by atoms with van der Waals surface area (Å²) in [5.41, 5.74) is 2.35. The van der Waals surface area contributed by atoms with Crippen LogP contribution in [0.1, 0.15) is 18.9 Å². The van der Waals surface area contributed by atoms with Gasteiger partial charge in [0.1, 0.15) is 5.75 Å². The van der Waals surface area contributed by atoms with Crippen molar-refractivity contribution in [2.45, 2.75) is 19.8 Å². The summed E-state index contributed by atoms with van der Waals surface area (Å²) < 4.78 is 5.40. The number of aliphatic imine (C=N–C) groups is 1. The van der Waals surface area contributed by atoms with Crippen LogP contribution in [0.15, 0.2) is 59.6 Å². The Morgan fingerprint density at radius 3 is 2.50 bits per heavy atom. The second-order valence-electron chi connectivity index (χ2n) is 5.90. The molecule has 0 bridgehead atoms. The van der Waals surface area contributed by atoms with Gasteiger partial charge in [-0.25, -0.2) is 0 Å². The number of nitrogens with one attached hydrogen (secondary N) is 3. The molecule has 0 aliphatic rings. The highest BCUT2D eigenvalue weighted by Crippen LogP contribution is 2.17. The van der Waals surface area contributed by atoms with Crippen LogP contribution in [0.25, 0.3) is 0 Å². The maximum Gasteiger partial charge on any atom is 0.191 e. The molecule has 2 rings (SSSR count). The minimum absolute atomic E-state index is 0.782. The number of guanidine groups is 1. The Kier molecular flexibility index (Phi) is 8.90. The molecule has 0 amide bonds. The van der Waals surface area contributed by atoms with Crippen molar-refractivity contribution in [1.82, 2.24) is 10.6 Å². The Morgan fingerprint density at radius 2 is 1.73 bits per heavy atom. The lowest BCUT2D eigenvalue weighted by atomic mass is 10.1. The number of rotatable bonds is 10. The first-order valence-electron chi connectivity index (χ1n) is 9.26. The molecule has 140 valence electrons. The van der Waals surface area contributed by atoms with E-state index in [1.54, 1.807) is 7.11 Å². The molecule has 0 aliphatic heterocycles. The second-order valence-corrected chi connectivity index (χ2v) is 5.90. The van der Waals surface area contributed by atoms with Gasteiger partial charge in [0.15, 0.2) is 5.96 Å². The normalized spacial score (nSPS) is 11.1. The van der Waals surface area contributed by atoms with Crippen molar-refractivity contribution in [2.24, 2.45) is 4.99 Å². The average molecular weight is 354 g/mol. The van der Waals surface area contributed by atoms with Crippen LogP contribution in [0.3, 0.4) is 0 Å². The lowest BCUT2D eigenvalue weighted by molar-refractivity contribution is 0.409. The zero-order chi connectivity index (χ0) is 18.5. The van der Waals surface area contributed by atoms with Crippen LogP contribution < -0.4 is 20.7 Å². The number of nitrogens with zero attached hydrogens (tertiary/aromatic N) is 1. The van der Waals surface area contributed by atoms with E-state index in [9.17, 15) is 0 Å². The molecule has 0 unspecified atom stereocenters. The minimum atomic E-state index is 0.782. The van der Waals surface area contributed by atoms with Gasteiger partial charge in [0, 0.05) is 31.9 Å². The van der Waals surface area contributed by atoms with Crippen LogP contribution in [-0.2, 0) is 6.42 Å². The summed E-state index contributed by atoms with van der Waals surface area (Å²) >= 11 is 0. The van der Waals surface area contributed by atoms with E-state index in [1.165, 1.54) is 5.56 Å². The summed E-state index contributed by atoms with van der Waals surface area (Å²) in [5, 5.41) is 10.1. The molecule has 0 spiro atoms. The van der Waals surface area contributed by atoms with Gasteiger partial charge in [0.2, 0.25) is 0 Å². The summed E-state index contributed by atoms with van der Waals surface area (Å²) in [6.07, 6.45) is 1.88. The van der Waals surface area contributed by atoms with Crippen LogP contribution in [0.5, 0.6) is 5.75 Å². The Morgan fingerprint density at radius 1 is 0.962 bits per heavy atom. The van der Waals surface area contributed by atoms with Crippen molar-refractivity contribution in [3.63, 3.8) is 0 Å². The maximum absolute atomic E-state index is 5.40. The van der Waals surface area contributed by atoms with Crippen LogP contribution >= 0.6 is 0 Å². The molecule has 5 nitrogen and oxygen atoms in total. The highest BCUT2D eigenvalue weighted by molar-refractivity contribution is 5.79. The zero-order valence-corrected chi connectivity index (χ0v) is 15.8. The van der Waals surface area contributed by atoms with Crippen LogP contribution in [-0.4, -0.2) is 39.2 Å². The minimum Gasteiger partial charge on any atom is -0.496 e. The van der Waals surface area contributed by atoms with Gasteiger partial charge >= 0.3 is 0 Å². The van der Waals surface area contributed by atoms with E-state index in [-0.39, 0.29) is 0 Å². The molecule has 0 aliphatic carbocycles. The number of methoxy groups -OCH3 is 1. The van der Waals surface area contributed by atoms with Crippen molar-refractivity contribution in [3.8, 4) is 5.75 Å². The largest absolute Gasteiger partial charge is 0.496 e. The molecule has 0 saturated carbocycles. The Bertz CT molecular complexity index is 658. The molecule has 0 atom stereocenters. The molecule has 0 saturated heterocycles. The van der Waals surface area contributed by atoms with Gasteiger partial charge in [-0.1, -0.05) is 36.4 Å². The Labute approximate surface area is 156 Å². The first-order chi connectivity index (χ1) is 12.8. The number of benzene rings is 2. The quantitative estimate of drug-likeness (QED) is 0.348. The van der Waals surface area contributed by atoms with Gasteiger partial charge in [-0.15, -0.1) is 0 Å². The Balaban J connectivity index is 1.72. The predicted molar refractivity (Wildman–Crippen MR) is 110 cm³/mol. The molecular formula is C21H30N4O. The van der Waals surface area contributed by atoms with Crippen molar-refractivity contribution in [2.75, 3.05) is 38.6 Å². The molecule has 3 N–H and O–H groups in total. The van der Waals surface area contributed by atoms with Crippen LogP contribution in [0, 0.1) is 0 Å². The van der Waals surface area contributed by atoms with Crippen LogP contribution in [0.4, 0.5) is 5.69 Å². The lowest BCUT2D eigenvalue weighted by Gasteiger charge is -2.13. The van der Waals surface area contributed by atoms with Crippen molar-refractivity contribution < 1.29 is 4.74 Å². The van der Waals surface area contributed by atoms with Crippen molar-refractivity contribution in [3.05, 3.63) is 60.2 Å². The first kappa shape index (κ1) is 19.6. The van der Waals surface area contributed by atoms with Crippen molar-refractivity contribution in [1.29, 1.82) is 0 Å². The fourth-order valence-corrected chi connectivity index (χ4v) is 2.63. The van der Waals surface area contributed by atoms with E-state index in [0.29, 0.717) is 0 Å². The number of ether oxygens (including phenoxy) is 1. The maximum atomic E-state index is 5.40. The monoisotopic (exact) mass is 354 g/mol. The zero-order valence-electron chi connectivity index (χ0n) is 15.8. The fourth-order valence-electron chi connectivity index (χ4n) is 2.63. The SMILES string of the molecule is CCNC(=NCCCNc1ccccc1)NCCc1ccccc1OC. The molecular weight excluding hydrogens is 324 g/mol.